The summed E-state index contributed by atoms with van der Waals surface area (Å²) in [5.74, 6) is -0.0242. The molecule has 2 N–H and O–H groups in total. The fourth-order valence-corrected chi connectivity index (χ4v) is 1.75. The molecule has 0 aliphatic heterocycles. The average Bonchev–Trinajstić information content (AvgIpc) is 2.27. The smallest absolute Gasteiger partial charge is 0.422 e. The first-order valence-electron chi connectivity index (χ1n) is 5.20. The molecule has 19 heavy (non-hydrogen) atoms. The first-order chi connectivity index (χ1) is 8.82. The number of hydrogen-bond donors (Lipinski definition) is 2. The van der Waals surface area contributed by atoms with Gasteiger partial charge in [0.2, 0.25) is 0 Å². The summed E-state index contributed by atoms with van der Waals surface area (Å²) in [5.41, 5.74) is 0.287. The van der Waals surface area contributed by atoms with Crippen LogP contribution in [0.5, 0.6) is 0 Å². The maximum absolute atomic E-state index is 11.5. The predicted molar refractivity (Wildman–Crippen MR) is 66.2 cm³/mol. The fraction of sp³-hybridized carbons (Fsp3) is 0.300. The van der Waals surface area contributed by atoms with Crippen LogP contribution in [-0.4, -0.2) is 25.6 Å². The molecule has 0 fully saturated rings. The molecule has 0 saturated carbocycles. The highest BCUT2D eigenvalue weighted by molar-refractivity contribution is 7.91. The van der Waals surface area contributed by atoms with Crippen LogP contribution in [0.25, 0.3) is 0 Å². The van der Waals surface area contributed by atoms with Crippen molar-refractivity contribution in [2.24, 2.45) is 0 Å². The van der Waals surface area contributed by atoms with Crippen LogP contribution in [-0.2, 0) is 14.9 Å². The van der Waals surface area contributed by atoms with E-state index in [2.05, 4.69) is 9.72 Å². The van der Waals surface area contributed by atoms with Gasteiger partial charge in [0.25, 0.3) is 0 Å². The highest BCUT2D eigenvalue weighted by Gasteiger charge is 2.16. The second-order valence-corrected chi connectivity index (χ2v) is 5.12. The molecule has 0 aliphatic carbocycles. The molecule has 1 aromatic rings. The van der Waals surface area contributed by atoms with Crippen molar-refractivity contribution in [2.45, 2.75) is 20.0 Å². The lowest BCUT2D eigenvalue weighted by Gasteiger charge is -2.10. The number of carbonyl (C=O) groups excluding carboxylic acids is 1. The summed E-state index contributed by atoms with van der Waals surface area (Å²) in [6, 6.07) is 4.52. The maximum atomic E-state index is 11.5. The van der Waals surface area contributed by atoms with Crippen LogP contribution >= 0.6 is 0 Å². The molecule has 0 radical (unpaired) electrons. The van der Waals surface area contributed by atoms with E-state index in [9.17, 15) is 13.2 Å². The summed E-state index contributed by atoms with van der Waals surface area (Å²) < 4.78 is 31.3. The lowest BCUT2D eigenvalue weighted by Crippen LogP contribution is -2.37. The summed E-state index contributed by atoms with van der Waals surface area (Å²) in [4.78, 5) is 14.8. The van der Waals surface area contributed by atoms with Gasteiger partial charge in [0, 0.05) is 6.20 Å². The molecule has 0 atom stereocenters. The van der Waals surface area contributed by atoms with E-state index >= 15 is 0 Å². The second kappa shape index (κ2) is 6.01. The van der Waals surface area contributed by atoms with Crippen LogP contribution in [0.4, 0.5) is 10.6 Å². The molecule has 8 nitrogen and oxygen atoms in total. The lowest BCUT2D eigenvalue weighted by molar-refractivity contribution is 0.121. The number of amides is 1. The van der Waals surface area contributed by atoms with Crippen molar-refractivity contribution in [1.29, 1.82) is 5.26 Å². The number of rotatable bonds is 4. The molecule has 0 bridgehead atoms. The fourth-order valence-electron chi connectivity index (χ4n) is 1.03. The maximum Gasteiger partial charge on any atom is 0.422 e. The van der Waals surface area contributed by atoms with Crippen molar-refractivity contribution < 1.29 is 17.9 Å². The molecular weight excluding hydrogens is 272 g/mol. The Balaban J connectivity index is 2.69. The molecule has 1 heterocycles. The summed E-state index contributed by atoms with van der Waals surface area (Å²) in [6.45, 7) is 3.17. The molecule has 1 amide bonds. The minimum Gasteiger partial charge on any atom is -0.446 e. The molecule has 1 rings (SSSR count). The van der Waals surface area contributed by atoms with Crippen molar-refractivity contribution in [3.05, 3.63) is 23.9 Å². The van der Waals surface area contributed by atoms with Crippen molar-refractivity contribution in [2.75, 3.05) is 4.72 Å². The van der Waals surface area contributed by atoms with Gasteiger partial charge in [-0.3, -0.25) is 4.72 Å². The number of aromatic nitrogens is 1. The van der Waals surface area contributed by atoms with Gasteiger partial charge < -0.3 is 4.74 Å². The van der Waals surface area contributed by atoms with Crippen LogP contribution in [0.15, 0.2) is 18.3 Å². The van der Waals surface area contributed by atoms with E-state index in [4.69, 9.17) is 5.26 Å². The SMILES string of the molecule is CC(C)OC(=O)NS(=O)(=O)Nc1ccc(C#N)cn1. The van der Waals surface area contributed by atoms with Crippen LogP contribution in [0, 0.1) is 11.3 Å². The van der Waals surface area contributed by atoms with Crippen LogP contribution in [0.1, 0.15) is 19.4 Å². The number of hydrogen-bond acceptors (Lipinski definition) is 6. The number of ether oxygens (including phenoxy) is 1. The third-order valence-electron chi connectivity index (χ3n) is 1.69. The predicted octanol–water partition coefficient (Wildman–Crippen LogP) is 0.745. The standard InChI is InChI=1S/C10H12N4O4S/c1-7(2)18-10(15)14-19(16,17)13-9-4-3-8(5-11)6-12-9/h3-4,6-7H,1-2H3,(H,12,13)(H,14,15). The van der Waals surface area contributed by atoms with E-state index in [0.717, 1.165) is 0 Å². The van der Waals surface area contributed by atoms with E-state index in [1.165, 1.54) is 18.3 Å². The molecule has 102 valence electrons. The Bertz CT molecular complexity index is 589. The van der Waals surface area contributed by atoms with Crippen molar-refractivity contribution in [3.8, 4) is 6.07 Å². The van der Waals surface area contributed by atoms with Gasteiger partial charge in [-0.15, -0.1) is 0 Å². The summed E-state index contributed by atoms with van der Waals surface area (Å²) >= 11 is 0. The Kier molecular flexibility index (Phi) is 4.66. The zero-order valence-electron chi connectivity index (χ0n) is 10.2. The summed E-state index contributed by atoms with van der Waals surface area (Å²) in [5, 5.41) is 8.56. The quantitative estimate of drug-likeness (QED) is 0.841. The number of nitrogens with zero attached hydrogens (tertiary/aromatic N) is 2. The van der Waals surface area contributed by atoms with E-state index in [1.807, 2.05) is 10.8 Å². The van der Waals surface area contributed by atoms with Gasteiger partial charge in [-0.1, -0.05) is 0 Å². The third-order valence-corrected chi connectivity index (χ3v) is 2.61. The van der Waals surface area contributed by atoms with E-state index < -0.39 is 22.4 Å². The van der Waals surface area contributed by atoms with Crippen molar-refractivity contribution in [3.63, 3.8) is 0 Å². The third kappa shape index (κ3) is 5.22. The number of nitrogens with one attached hydrogen (secondary N) is 2. The summed E-state index contributed by atoms with van der Waals surface area (Å²) in [7, 11) is -4.12. The van der Waals surface area contributed by atoms with Gasteiger partial charge in [-0.05, 0) is 26.0 Å². The number of pyridine rings is 1. The highest BCUT2D eigenvalue weighted by atomic mass is 32.2. The van der Waals surface area contributed by atoms with E-state index in [-0.39, 0.29) is 11.4 Å². The van der Waals surface area contributed by atoms with Gasteiger partial charge in [0.15, 0.2) is 0 Å². The number of anilines is 1. The van der Waals surface area contributed by atoms with Crippen LogP contribution in [0.3, 0.4) is 0 Å². The van der Waals surface area contributed by atoms with Gasteiger partial charge in [0.05, 0.1) is 11.7 Å². The monoisotopic (exact) mass is 284 g/mol. The van der Waals surface area contributed by atoms with Crippen LogP contribution < -0.4 is 9.44 Å². The molecule has 0 saturated heterocycles. The van der Waals surface area contributed by atoms with Gasteiger partial charge in [0.1, 0.15) is 11.9 Å². The molecule has 0 aromatic carbocycles. The van der Waals surface area contributed by atoms with Gasteiger partial charge in [-0.2, -0.15) is 13.7 Å². The molecule has 0 spiro atoms. The van der Waals surface area contributed by atoms with Crippen molar-refractivity contribution >= 4 is 22.1 Å². The Morgan fingerprint density at radius 1 is 1.47 bits per heavy atom. The normalized spacial score (nSPS) is 10.6. The first kappa shape index (κ1) is 14.7. The lowest BCUT2D eigenvalue weighted by atomic mass is 10.3. The van der Waals surface area contributed by atoms with Crippen molar-refractivity contribution in [1.82, 2.24) is 9.71 Å². The molecule has 9 heteroatoms. The zero-order valence-corrected chi connectivity index (χ0v) is 11.1. The second-order valence-electron chi connectivity index (χ2n) is 3.71. The van der Waals surface area contributed by atoms with Crippen LogP contribution in [0.2, 0.25) is 0 Å². The number of carbonyl (C=O) groups is 1. The zero-order chi connectivity index (χ0) is 14.5. The van der Waals surface area contributed by atoms with E-state index in [0.29, 0.717) is 0 Å². The topological polar surface area (TPSA) is 121 Å². The minimum absolute atomic E-state index is 0.0242. The van der Waals surface area contributed by atoms with Gasteiger partial charge >= 0.3 is 16.3 Å². The number of nitriles is 1. The molecule has 0 unspecified atom stereocenters. The largest absolute Gasteiger partial charge is 0.446 e. The Labute approximate surface area is 110 Å². The molecule has 1 aromatic heterocycles. The van der Waals surface area contributed by atoms with E-state index in [1.54, 1.807) is 18.6 Å². The summed E-state index contributed by atoms with van der Waals surface area (Å²) in [6.07, 6.45) is -0.330. The molecular formula is C10H12N4O4S. The molecule has 0 aliphatic rings. The van der Waals surface area contributed by atoms with Gasteiger partial charge in [-0.25, -0.2) is 14.5 Å². The Hall–Kier alpha value is -2.34. The first-order valence-corrected chi connectivity index (χ1v) is 6.68. The average molecular weight is 284 g/mol. The minimum atomic E-state index is -4.12. The highest BCUT2D eigenvalue weighted by Crippen LogP contribution is 2.05. The Morgan fingerprint density at radius 3 is 2.63 bits per heavy atom. The Morgan fingerprint density at radius 2 is 2.16 bits per heavy atom.